The van der Waals surface area contributed by atoms with Crippen molar-refractivity contribution in [3.8, 4) is 0 Å². The third-order valence-corrected chi connectivity index (χ3v) is 4.03. The normalized spacial score (nSPS) is 15.4. The van der Waals surface area contributed by atoms with E-state index in [1.54, 1.807) is 4.90 Å². The minimum Gasteiger partial charge on any atom is -0.481 e. The number of piperazine rings is 1. The number of carbonyl (C=O) groups is 2. The molecule has 1 saturated heterocycles. The van der Waals surface area contributed by atoms with Crippen molar-refractivity contribution in [2.45, 2.75) is 19.4 Å². The van der Waals surface area contributed by atoms with Gasteiger partial charge in [-0.15, -0.1) is 0 Å². The molecular weight excluding hydrogens is 318 g/mol. The van der Waals surface area contributed by atoms with E-state index in [0.717, 1.165) is 24.7 Å². The number of carboxylic acids is 1. The lowest BCUT2D eigenvalue weighted by Gasteiger charge is -2.34. The second kappa shape index (κ2) is 8.74. The summed E-state index contributed by atoms with van der Waals surface area (Å²) in [5.74, 6) is -0.839. The Morgan fingerprint density at radius 2 is 1.96 bits per heavy atom. The van der Waals surface area contributed by atoms with Crippen molar-refractivity contribution < 1.29 is 14.7 Å². The predicted octanol–water partition coefficient (Wildman–Crippen LogP) is 2.03. The number of halogens is 1. The molecule has 23 heavy (non-hydrogen) atoms. The second-order valence-electron chi connectivity index (χ2n) is 5.62. The second-order valence-corrected chi connectivity index (χ2v) is 6.06. The fraction of sp³-hybridized carbons (Fsp3) is 0.500. The lowest BCUT2D eigenvalue weighted by Crippen LogP contribution is -2.51. The zero-order valence-electron chi connectivity index (χ0n) is 13.0. The number of rotatable bonds is 6. The zero-order chi connectivity index (χ0) is 16.7. The van der Waals surface area contributed by atoms with Crippen LogP contribution in [0.4, 0.5) is 4.79 Å². The number of carboxylic acid groups (broad SMARTS) is 1. The third-order valence-electron chi connectivity index (χ3n) is 3.80. The number of carbonyl (C=O) groups excluding carboxylic acids is 1. The summed E-state index contributed by atoms with van der Waals surface area (Å²) in [5.41, 5.74) is 1.17. The topological polar surface area (TPSA) is 72.9 Å². The van der Waals surface area contributed by atoms with Crippen LogP contribution in [0.1, 0.15) is 18.4 Å². The van der Waals surface area contributed by atoms with Crippen molar-refractivity contribution in [3.05, 3.63) is 34.9 Å². The lowest BCUT2D eigenvalue weighted by molar-refractivity contribution is -0.137. The van der Waals surface area contributed by atoms with Gasteiger partial charge in [0.05, 0.1) is 0 Å². The van der Waals surface area contributed by atoms with E-state index in [2.05, 4.69) is 10.2 Å². The Labute approximate surface area is 141 Å². The van der Waals surface area contributed by atoms with E-state index < -0.39 is 5.97 Å². The summed E-state index contributed by atoms with van der Waals surface area (Å²) in [6, 6.07) is 7.70. The average molecular weight is 340 g/mol. The molecule has 2 N–H and O–H groups in total. The van der Waals surface area contributed by atoms with Crippen LogP contribution < -0.4 is 5.32 Å². The van der Waals surface area contributed by atoms with E-state index >= 15 is 0 Å². The van der Waals surface area contributed by atoms with Crippen molar-refractivity contribution in [1.29, 1.82) is 0 Å². The molecule has 0 aliphatic carbocycles. The molecule has 126 valence electrons. The molecule has 0 bridgehead atoms. The van der Waals surface area contributed by atoms with Crippen molar-refractivity contribution in [2.75, 3.05) is 32.7 Å². The smallest absolute Gasteiger partial charge is 0.317 e. The highest BCUT2D eigenvalue weighted by molar-refractivity contribution is 6.30. The molecule has 1 fully saturated rings. The molecule has 1 aliphatic heterocycles. The highest BCUT2D eigenvalue weighted by Crippen LogP contribution is 2.14. The number of nitrogens with zero attached hydrogens (tertiary/aromatic N) is 2. The Balaban J connectivity index is 1.69. The third kappa shape index (κ3) is 6.08. The number of urea groups is 1. The molecule has 1 heterocycles. The summed E-state index contributed by atoms with van der Waals surface area (Å²) in [5, 5.41) is 12.1. The van der Waals surface area contributed by atoms with Crippen LogP contribution in [0.15, 0.2) is 24.3 Å². The molecule has 2 rings (SSSR count). The summed E-state index contributed by atoms with van der Waals surface area (Å²) < 4.78 is 0. The molecule has 0 aromatic heterocycles. The van der Waals surface area contributed by atoms with E-state index in [-0.39, 0.29) is 12.5 Å². The number of amides is 2. The monoisotopic (exact) mass is 339 g/mol. The lowest BCUT2D eigenvalue weighted by atomic mass is 10.2. The number of aliphatic carboxylic acids is 1. The van der Waals surface area contributed by atoms with Crippen molar-refractivity contribution in [1.82, 2.24) is 15.1 Å². The molecule has 2 amide bonds. The van der Waals surface area contributed by atoms with Crippen LogP contribution in [0.2, 0.25) is 5.02 Å². The first-order valence-electron chi connectivity index (χ1n) is 7.76. The molecule has 0 unspecified atom stereocenters. The summed E-state index contributed by atoms with van der Waals surface area (Å²) >= 11 is 5.99. The van der Waals surface area contributed by atoms with Gasteiger partial charge in [0.1, 0.15) is 0 Å². The molecule has 0 spiro atoms. The van der Waals surface area contributed by atoms with Gasteiger partial charge in [0.15, 0.2) is 0 Å². The van der Waals surface area contributed by atoms with Crippen LogP contribution in [0, 0.1) is 0 Å². The quantitative estimate of drug-likeness (QED) is 0.778. The molecule has 6 nitrogen and oxygen atoms in total. The molecule has 7 heteroatoms. The molecular formula is C16H22ClN3O3. The maximum atomic E-state index is 12.0. The number of hydrogen-bond donors (Lipinski definition) is 2. The summed E-state index contributed by atoms with van der Waals surface area (Å²) in [6.45, 7) is 4.20. The van der Waals surface area contributed by atoms with Crippen LogP contribution in [0.3, 0.4) is 0 Å². The Morgan fingerprint density at radius 1 is 1.22 bits per heavy atom. The maximum absolute atomic E-state index is 12.0. The Morgan fingerprint density at radius 3 is 2.61 bits per heavy atom. The SMILES string of the molecule is O=C(O)CCCNC(=O)N1CCN(Cc2cccc(Cl)c2)CC1. The van der Waals surface area contributed by atoms with Gasteiger partial charge >= 0.3 is 12.0 Å². The molecule has 0 saturated carbocycles. The van der Waals surface area contributed by atoms with Gasteiger partial charge in [-0.1, -0.05) is 23.7 Å². The fourth-order valence-electron chi connectivity index (χ4n) is 2.55. The average Bonchev–Trinajstić information content (AvgIpc) is 2.52. The number of nitrogens with one attached hydrogen (secondary N) is 1. The minimum absolute atomic E-state index is 0.0771. The number of hydrogen-bond acceptors (Lipinski definition) is 3. The van der Waals surface area contributed by atoms with Crippen molar-refractivity contribution in [3.63, 3.8) is 0 Å². The van der Waals surface area contributed by atoms with E-state index in [9.17, 15) is 9.59 Å². The highest BCUT2D eigenvalue weighted by atomic mass is 35.5. The van der Waals surface area contributed by atoms with Gasteiger partial charge in [0, 0.05) is 50.7 Å². The first-order chi connectivity index (χ1) is 11.0. The van der Waals surface area contributed by atoms with E-state index in [1.165, 1.54) is 5.56 Å². The van der Waals surface area contributed by atoms with Crippen molar-refractivity contribution in [2.24, 2.45) is 0 Å². The largest absolute Gasteiger partial charge is 0.481 e. The summed E-state index contributed by atoms with van der Waals surface area (Å²) in [7, 11) is 0. The van der Waals surface area contributed by atoms with Gasteiger partial charge in [0.2, 0.25) is 0 Å². The van der Waals surface area contributed by atoms with Gasteiger partial charge in [0.25, 0.3) is 0 Å². The fourth-order valence-corrected chi connectivity index (χ4v) is 2.76. The first-order valence-corrected chi connectivity index (χ1v) is 8.14. The minimum atomic E-state index is -0.839. The van der Waals surface area contributed by atoms with Gasteiger partial charge in [-0.3, -0.25) is 9.69 Å². The predicted molar refractivity (Wildman–Crippen MR) is 88.6 cm³/mol. The van der Waals surface area contributed by atoms with E-state index in [1.807, 2.05) is 24.3 Å². The van der Waals surface area contributed by atoms with Gasteiger partial charge in [-0.2, -0.15) is 0 Å². The summed E-state index contributed by atoms with van der Waals surface area (Å²) in [4.78, 5) is 26.5. The zero-order valence-corrected chi connectivity index (χ0v) is 13.8. The Kier molecular flexibility index (Phi) is 6.67. The Bertz CT molecular complexity index is 545. The van der Waals surface area contributed by atoms with Crippen LogP contribution in [0.25, 0.3) is 0 Å². The van der Waals surface area contributed by atoms with Crippen LogP contribution in [-0.4, -0.2) is 59.6 Å². The van der Waals surface area contributed by atoms with Crippen molar-refractivity contribution >= 4 is 23.6 Å². The number of benzene rings is 1. The molecule has 0 radical (unpaired) electrons. The van der Waals surface area contributed by atoms with Crippen LogP contribution >= 0.6 is 11.6 Å². The highest BCUT2D eigenvalue weighted by Gasteiger charge is 2.20. The summed E-state index contributed by atoms with van der Waals surface area (Å²) in [6.07, 6.45) is 0.531. The van der Waals surface area contributed by atoms with Crippen LogP contribution in [0.5, 0.6) is 0 Å². The van der Waals surface area contributed by atoms with Gasteiger partial charge in [-0.25, -0.2) is 4.79 Å². The maximum Gasteiger partial charge on any atom is 0.317 e. The molecule has 1 aromatic rings. The van der Waals surface area contributed by atoms with Gasteiger partial charge < -0.3 is 15.3 Å². The Hall–Kier alpha value is -1.79. The molecule has 1 aliphatic rings. The van der Waals surface area contributed by atoms with E-state index in [0.29, 0.717) is 26.1 Å². The molecule has 1 aromatic carbocycles. The van der Waals surface area contributed by atoms with E-state index in [4.69, 9.17) is 16.7 Å². The van der Waals surface area contributed by atoms with Gasteiger partial charge in [-0.05, 0) is 24.1 Å². The standard InChI is InChI=1S/C16H22ClN3O3/c17-14-4-1-3-13(11-14)12-19-7-9-20(10-8-19)16(23)18-6-2-5-15(21)22/h1,3-4,11H,2,5-10,12H2,(H,18,23)(H,21,22). The van der Waals surface area contributed by atoms with Crippen LogP contribution in [-0.2, 0) is 11.3 Å². The first kappa shape index (κ1) is 17.6. The molecule has 0 atom stereocenters.